The third kappa shape index (κ3) is 3.94. The predicted octanol–water partition coefficient (Wildman–Crippen LogP) is 7.84. The highest BCUT2D eigenvalue weighted by atomic mass is 16.3. The second-order valence-electron chi connectivity index (χ2n) is 9.78. The van der Waals surface area contributed by atoms with E-state index in [1.54, 1.807) is 0 Å². The maximum atomic E-state index is 14.1. The molecule has 0 aliphatic heterocycles. The minimum atomic E-state index is -0.230. The predicted molar refractivity (Wildman–Crippen MR) is 164 cm³/mol. The minimum absolute atomic E-state index is 0.0426. The number of benzene rings is 6. The molecule has 4 nitrogen and oxygen atoms in total. The van der Waals surface area contributed by atoms with E-state index in [4.69, 9.17) is 0 Å². The van der Waals surface area contributed by atoms with Gasteiger partial charge in [-0.05, 0) is 51.9 Å². The average molecular weight is 518 g/mol. The van der Waals surface area contributed by atoms with E-state index in [1.807, 2.05) is 143 Å². The summed E-state index contributed by atoms with van der Waals surface area (Å²) in [6.07, 6.45) is 0. The van der Waals surface area contributed by atoms with E-state index in [0.717, 1.165) is 44.3 Å². The van der Waals surface area contributed by atoms with E-state index in [0.29, 0.717) is 0 Å². The molecule has 0 aliphatic rings. The Morgan fingerprint density at radius 1 is 0.500 bits per heavy atom. The first-order chi connectivity index (χ1) is 19.7. The van der Waals surface area contributed by atoms with E-state index < -0.39 is 0 Å². The van der Waals surface area contributed by atoms with Crippen molar-refractivity contribution in [1.29, 1.82) is 0 Å². The molecule has 0 heterocycles. The van der Waals surface area contributed by atoms with Gasteiger partial charge in [0.25, 0.3) is 5.43 Å². The Labute approximate surface area is 231 Å². The number of fused-ring (bicyclic) bond motifs is 2. The molecule has 7 aromatic rings. The number of aromatic hydroxyl groups is 1. The molecule has 0 radical (unpaired) electrons. The molecule has 190 valence electrons. The number of hydrogen-bond donors (Lipinski definition) is 1. The highest BCUT2D eigenvalue weighted by molar-refractivity contribution is 5.91. The SMILES string of the molecule is O=c1c(N(c2ccccc2)c2ccc3ccccc3c2)c(O)c1=[N+](c1ccccc1)c1ccc2ccccc2c1. The third-order valence-electron chi connectivity index (χ3n) is 7.34. The average Bonchev–Trinajstić information content (AvgIpc) is 3.02. The third-order valence-corrected chi connectivity index (χ3v) is 7.34. The van der Waals surface area contributed by atoms with Crippen molar-refractivity contribution in [2.75, 3.05) is 4.90 Å². The lowest BCUT2D eigenvalue weighted by molar-refractivity contribution is 0.458. The molecule has 0 atom stereocenters. The van der Waals surface area contributed by atoms with Gasteiger partial charge in [-0.1, -0.05) is 91.0 Å². The molecule has 0 aromatic heterocycles. The van der Waals surface area contributed by atoms with Crippen LogP contribution in [0.2, 0.25) is 0 Å². The van der Waals surface area contributed by atoms with Gasteiger partial charge in [-0.25, -0.2) is 0 Å². The Kier molecular flexibility index (Phi) is 5.72. The Balaban J connectivity index is 1.49. The van der Waals surface area contributed by atoms with Crippen molar-refractivity contribution < 1.29 is 5.11 Å². The first kappa shape index (κ1) is 23.6. The number of rotatable bonds is 5. The number of anilines is 3. The van der Waals surface area contributed by atoms with E-state index in [1.165, 1.54) is 0 Å². The number of nitrogens with zero attached hydrogens (tertiary/aromatic N) is 2. The molecule has 0 unspecified atom stereocenters. The van der Waals surface area contributed by atoms with E-state index in [-0.39, 0.29) is 22.2 Å². The zero-order chi connectivity index (χ0) is 27.1. The fourth-order valence-electron chi connectivity index (χ4n) is 5.39. The van der Waals surface area contributed by atoms with Crippen LogP contribution in [0.5, 0.6) is 5.75 Å². The standard InChI is InChI=1S/C36H24N2O2/c39-35-33(37(29-15-3-1-4-16-29)31-21-19-25-11-7-9-13-27(25)23-31)36(40)34(35)38(30-17-5-2-6-18-30)32-22-20-26-12-8-10-14-28(26)24-32/h1-24H/p+1. The van der Waals surface area contributed by atoms with Crippen LogP contribution < -0.4 is 20.3 Å². The van der Waals surface area contributed by atoms with E-state index in [9.17, 15) is 9.90 Å². The molecule has 0 saturated carbocycles. The van der Waals surface area contributed by atoms with Gasteiger partial charge in [-0.15, -0.1) is 4.58 Å². The zero-order valence-electron chi connectivity index (χ0n) is 21.6. The van der Waals surface area contributed by atoms with Crippen LogP contribution in [-0.2, 0) is 0 Å². The summed E-state index contributed by atoms with van der Waals surface area (Å²) >= 11 is 0. The Morgan fingerprint density at radius 3 is 1.70 bits per heavy atom. The van der Waals surface area contributed by atoms with Crippen LogP contribution in [0, 0.1) is 0 Å². The lowest BCUT2D eigenvalue weighted by Crippen LogP contribution is -2.43. The monoisotopic (exact) mass is 517 g/mol. The molecule has 0 saturated heterocycles. The lowest BCUT2D eigenvalue weighted by Gasteiger charge is -2.26. The topological polar surface area (TPSA) is 43.6 Å². The van der Waals surface area contributed by atoms with Crippen molar-refractivity contribution in [1.82, 2.24) is 4.58 Å². The molecule has 0 spiro atoms. The van der Waals surface area contributed by atoms with Crippen LogP contribution in [0.1, 0.15) is 0 Å². The maximum Gasteiger partial charge on any atom is 0.306 e. The van der Waals surface area contributed by atoms with Crippen molar-refractivity contribution >= 4 is 50.0 Å². The van der Waals surface area contributed by atoms with Crippen LogP contribution in [0.3, 0.4) is 0 Å². The molecular formula is C36H25N2O2+. The summed E-state index contributed by atoms with van der Waals surface area (Å²) in [6.45, 7) is 0. The summed E-state index contributed by atoms with van der Waals surface area (Å²) in [5.74, 6) is -0.0426. The first-order valence-corrected chi connectivity index (χ1v) is 13.2. The van der Waals surface area contributed by atoms with Crippen molar-refractivity contribution in [3.05, 3.63) is 161 Å². The summed E-state index contributed by atoms with van der Waals surface area (Å²) in [5.41, 5.74) is 3.21. The molecular weight excluding hydrogens is 492 g/mol. The molecule has 7 aromatic carbocycles. The minimum Gasteiger partial charge on any atom is -0.501 e. The number of hydrogen-bond acceptors (Lipinski definition) is 3. The quantitative estimate of drug-likeness (QED) is 0.237. The summed E-state index contributed by atoms with van der Waals surface area (Å²) in [4.78, 5) is 16.0. The number of para-hydroxylation sites is 2. The molecule has 0 fully saturated rings. The Morgan fingerprint density at radius 2 is 1.05 bits per heavy atom. The van der Waals surface area contributed by atoms with Gasteiger partial charge in [-0.2, -0.15) is 0 Å². The summed E-state index contributed by atoms with van der Waals surface area (Å²) in [7, 11) is 0. The van der Waals surface area contributed by atoms with Crippen LogP contribution in [0.25, 0.3) is 21.5 Å². The maximum absolute atomic E-state index is 14.1. The molecule has 0 aliphatic carbocycles. The summed E-state index contributed by atoms with van der Waals surface area (Å²) < 4.78 is 1.84. The Hall–Kier alpha value is -5.48. The van der Waals surface area contributed by atoms with Crippen LogP contribution in [-0.4, -0.2) is 5.11 Å². The molecule has 0 bridgehead atoms. The Bertz CT molecular complexity index is 2090. The van der Waals surface area contributed by atoms with Gasteiger partial charge in [0, 0.05) is 35.6 Å². The highest BCUT2D eigenvalue weighted by Crippen LogP contribution is 2.38. The molecule has 0 amide bonds. The van der Waals surface area contributed by atoms with Crippen LogP contribution in [0.4, 0.5) is 28.4 Å². The summed E-state index contributed by atoms with van der Waals surface area (Å²) in [6, 6.07) is 47.7. The van der Waals surface area contributed by atoms with Crippen molar-refractivity contribution in [3.8, 4) is 5.75 Å². The van der Waals surface area contributed by atoms with Crippen molar-refractivity contribution in [3.63, 3.8) is 0 Å². The van der Waals surface area contributed by atoms with Crippen molar-refractivity contribution in [2.45, 2.75) is 0 Å². The molecule has 40 heavy (non-hydrogen) atoms. The normalized spacial score (nSPS) is 12.1. The molecule has 1 N–H and O–H groups in total. The van der Waals surface area contributed by atoms with Gasteiger partial charge < -0.3 is 10.0 Å². The molecule has 7 rings (SSSR count). The van der Waals surface area contributed by atoms with Crippen LogP contribution in [0.15, 0.2) is 150 Å². The summed E-state index contributed by atoms with van der Waals surface area (Å²) in [5, 5.41) is 16.3. The van der Waals surface area contributed by atoms with Gasteiger partial charge in [0.2, 0.25) is 17.1 Å². The smallest absolute Gasteiger partial charge is 0.306 e. The van der Waals surface area contributed by atoms with E-state index in [2.05, 4.69) is 12.1 Å². The zero-order valence-corrected chi connectivity index (χ0v) is 21.6. The second-order valence-corrected chi connectivity index (χ2v) is 9.78. The lowest BCUT2D eigenvalue weighted by atomic mass is 10.1. The fraction of sp³-hybridized carbons (Fsp3) is 0. The van der Waals surface area contributed by atoms with Gasteiger partial charge in [0.1, 0.15) is 0 Å². The van der Waals surface area contributed by atoms with Gasteiger partial charge >= 0.3 is 5.36 Å². The van der Waals surface area contributed by atoms with Crippen molar-refractivity contribution in [2.24, 2.45) is 0 Å². The van der Waals surface area contributed by atoms with Gasteiger partial charge in [0.15, 0.2) is 5.69 Å². The first-order valence-electron chi connectivity index (χ1n) is 13.2. The molecule has 4 heteroatoms. The second kappa shape index (κ2) is 9.68. The van der Waals surface area contributed by atoms with Gasteiger partial charge in [0.05, 0.1) is 0 Å². The largest absolute Gasteiger partial charge is 0.501 e. The highest BCUT2D eigenvalue weighted by Gasteiger charge is 2.34. The van der Waals surface area contributed by atoms with E-state index >= 15 is 0 Å². The fourth-order valence-corrected chi connectivity index (χ4v) is 5.39. The van der Waals surface area contributed by atoms with Gasteiger partial charge in [-0.3, -0.25) is 4.79 Å². The van der Waals surface area contributed by atoms with Crippen LogP contribution >= 0.6 is 0 Å².